The highest BCUT2D eigenvalue weighted by molar-refractivity contribution is 6.30. The number of carboxylic acid groups (broad SMARTS) is 1. The van der Waals surface area contributed by atoms with Crippen molar-refractivity contribution in [1.82, 2.24) is 0 Å². The van der Waals surface area contributed by atoms with E-state index in [4.69, 9.17) is 21.4 Å². The van der Waals surface area contributed by atoms with Crippen molar-refractivity contribution in [3.63, 3.8) is 0 Å². The minimum atomic E-state index is -1.07. The third-order valence-electron chi connectivity index (χ3n) is 2.75. The van der Waals surface area contributed by atoms with Gasteiger partial charge in [0.05, 0.1) is 5.02 Å². The van der Waals surface area contributed by atoms with Crippen molar-refractivity contribution in [3.05, 3.63) is 63.9 Å². The molecule has 0 heterocycles. The lowest BCUT2D eigenvalue weighted by atomic mass is 10.1. The Balaban J connectivity index is 2.20. The highest BCUT2D eigenvalue weighted by Gasteiger charge is 2.11. The molecule has 3 nitrogen and oxygen atoms in total. The summed E-state index contributed by atoms with van der Waals surface area (Å²) in [6.45, 7) is 1.90. The second kappa shape index (κ2) is 5.92. The van der Waals surface area contributed by atoms with Crippen molar-refractivity contribution in [1.29, 1.82) is 0 Å². The number of hydrogen-bond donors (Lipinski definition) is 1. The summed E-state index contributed by atoms with van der Waals surface area (Å²) >= 11 is 5.59. The first kappa shape index (κ1) is 14.3. The molecule has 104 valence electrons. The van der Waals surface area contributed by atoms with E-state index in [1.807, 2.05) is 6.92 Å². The molecule has 0 fully saturated rings. The smallest absolute Gasteiger partial charge is 0.339 e. The van der Waals surface area contributed by atoms with E-state index < -0.39 is 11.8 Å². The first-order chi connectivity index (χ1) is 9.47. The molecule has 0 radical (unpaired) electrons. The van der Waals surface area contributed by atoms with Gasteiger partial charge in [0, 0.05) is 0 Å². The van der Waals surface area contributed by atoms with Gasteiger partial charge in [0.25, 0.3) is 0 Å². The van der Waals surface area contributed by atoms with Crippen molar-refractivity contribution in [3.8, 4) is 5.75 Å². The second-order valence-electron chi connectivity index (χ2n) is 4.34. The van der Waals surface area contributed by atoms with Gasteiger partial charge in [-0.1, -0.05) is 23.7 Å². The van der Waals surface area contributed by atoms with E-state index in [1.54, 1.807) is 18.2 Å². The van der Waals surface area contributed by atoms with Crippen LogP contribution in [0.25, 0.3) is 0 Å². The van der Waals surface area contributed by atoms with Crippen LogP contribution in [-0.2, 0) is 6.61 Å². The van der Waals surface area contributed by atoms with Gasteiger partial charge in [0.15, 0.2) is 0 Å². The standard InChI is InChI=1S/C15H12ClFO3/c1-9-2-4-11(15(18)19)14(6-9)20-8-10-3-5-12(16)13(17)7-10/h2-7H,8H2,1H3,(H,18,19). The number of halogens is 2. The Kier molecular flexibility index (Phi) is 4.25. The van der Waals surface area contributed by atoms with Crippen LogP contribution in [-0.4, -0.2) is 11.1 Å². The molecule has 1 N–H and O–H groups in total. The lowest BCUT2D eigenvalue weighted by molar-refractivity contribution is 0.0691. The zero-order valence-corrected chi connectivity index (χ0v) is 11.4. The van der Waals surface area contributed by atoms with E-state index in [0.717, 1.165) is 5.56 Å². The summed E-state index contributed by atoms with van der Waals surface area (Å²) in [5.41, 5.74) is 1.53. The molecule has 0 aromatic heterocycles. The quantitative estimate of drug-likeness (QED) is 0.925. The van der Waals surface area contributed by atoms with Gasteiger partial charge in [-0.15, -0.1) is 0 Å². The van der Waals surface area contributed by atoms with Crippen molar-refractivity contribution < 1.29 is 19.0 Å². The fraction of sp³-hybridized carbons (Fsp3) is 0.133. The van der Waals surface area contributed by atoms with Crippen LogP contribution in [0.2, 0.25) is 5.02 Å². The molecule has 0 bridgehead atoms. The molecule has 5 heteroatoms. The van der Waals surface area contributed by atoms with Crippen LogP contribution >= 0.6 is 11.6 Å². The Morgan fingerprint density at radius 1 is 1.30 bits per heavy atom. The van der Waals surface area contributed by atoms with Crippen LogP contribution in [0.4, 0.5) is 4.39 Å². The van der Waals surface area contributed by atoms with Crippen LogP contribution in [0.1, 0.15) is 21.5 Å². The molecule has 0 atom stereocenters. The molecule has 0 spiro atoms. The summed E-state index contributed by atoms with van der Waals surface area (Å²) in [7, 11) is 0. The van der Waals surface area contributed by atoms with Crippen molar-refractivity contribution in [2.45, 2.75) is 13.5 Å². The Bertz CT molecular complexity index is 656. The summed E-state index contributed by atoms with van der Waals surface area (Å²) in [5, 5.41) is 9.11. The first-order valence-corrected chi connectivity index (χ1v) is 6.26. The number of ether oxygens (including phenoxy) is 1. The van der Waals surface area contributed by atoms with Gasteiger partial charge in [-0.2, -0.15) is 0 Å². The fourth-order valence-corrected chi connectivity index (χ4v) is 1.83. The molecule has 2 aromatic rings. The first-order valence-electron chi connectivity index (χ1n) is 5.88. The Labute approximate surface area is 120 Å². The summed E-state index contributed by atoms with van der Waals surface area (Å²) in [6.07, 6.45) is 0. The Hall–Kier alpha value is -2.07. The SMILES string of the molecule is Cc1ccc(C(=O)O)c(OCc2ccc(Cl)c(F)c2)c1. The molecule has 0 aliphatic heterocycles. The van der Waals surface area contributed by atoms with Crippen molar-refractivity contribution in [2.24, 2.45) is 0 Å². The van der Waals surface area contributed by atoms with Gasteiger partial charge in [-0.3, -0.25) is 0 Å². The Morgan fingerprint density at radius 3 is 2.70 bits per heavy atom. The third kappa shape index (κ3) is 3.27. The molecule has 0 amide bonds. The molecule has 0 saturated carbocycles. The largest absolute Gasteiger partial charge is 0.488 e. The maximum Gasteiger partial charge on any atom is 0.339 e. The van der Waals surface area contributed by atoms with Gasteiger partial charge in [-0.05, 0) is 42.3 Å². The number of aryl methyl sites for hydroxylation is 1. The number of rotatable bonds is 4. The molecule has 2 rings (SSSR count). The topological polar surface area (TPSA) is 46.5 Å². The van der Waals surface area contributed by atoms with E-state index in [2.05, 4.69) is 0 Å². The number of carbonyl (C=O) groups is 1. The maximum atomic E-state index is 13.3. The van der Waals surface area contributed by atoms with E-state index in [9.17, 15) is 9.18 Å². The molecule has 0 aliphatic rings. The molecule has 20 heavy (non-hydrogen) atoms. The summed E-state index contributed by atoms with van der Waals surface area (Å²) in [5.74, 6) is -1.34. The van der Waals surface area contributed by atoms with Gasteiger partial charge < -0.3 is 9.84 Å². The maximum absolute atomic E-state index is 13.3. The van der Waals surface area contributed by atoms with E-state index >= 15 is 0 Å². The predicted octanol–water partition coefficient (Wildman–Crippen LogP) is 4.06. The van der Waals surface area contributed by atoms with Crippen molar-refractivity contribution in [2.75, 3.05) is 0 Å². The highest BCUT2D eigenvalue weighted by Crippen LogP contribution is 2.22. The van der Waals surface area contributed by atoms with Crippen LogP contribution in [0.3, 0.4) is 0 Å². The van der Waals surface area contributed by atoms with Gasteiger partial charge in [-0.25, -0.2) is 9.18 Å². The minimum Gasteiger partial charge on any atom is -0.488 e. The molecular formula is C15H12ClFO3. The number of carboxylic acids is 1. The zero-order valence-electron chi connectivity index (χ0n) is 10.7. The Morgan fingerprint density at radius 2 is 2.05 bits per heavy atom. The van der Waals surface area contributed by atoms with Crippen LogP contribution < -0.4 is 4.74 Å². The summed E-state index contributed by atoms with van der Waals surface area (Å²) < 4.78 is 18.8. The lowest BCUT2D eigenvalue weighted by Crippen LogP contribution is -2.04. The normalized spacial score (nSPS) is 10.3. The molecule has 0 saturated heterocycles. The predicted molar refractivity (Wildman–Crippen MR) is 73.9 cm³/mol. The number of hydrogen-bond acceptors (Lipinski definition) is 2. The molecule has 2 aromatic carbocycles. The van der Waals surface area contributed by atoms with Crippen LogP contribution in [0.15, 0.2) is 36.4 Å². The number of aromatic carboxylic acids is 1. The average molecular weight is 295 g/mol. The summed E-state index contributed by atoms with van der Waals surface area (Å²) in [6, 6.07) is 9.13. The third-order valence-corrected chi connectivity index (χ3v) is 3.05. The second-order valence-corrected chi connectivity index (χ2v) is 4.75. The molecular weight excluding hydrogens is 283 g/mol. The summed E-state index contributed by atoms with van der Waals surface area (Å²) in [4.78, 5) is 11.1. The highest BCUT2D eigenvalue weighted by atomic mass is 35.5. The van der Waals surface area contributed by atoms with Gasteiger partial charge in [0.2, 0.25) is 0 Å². The van der Waals surface area contributed by atoms with Crippen molar-refractivity contribution >= 4 is 17.6 Å². The fourth-order valence-electron chi connectivity index (χ4n) is 1.72. The van der Waals surface area contributed by atoms with E-state index in [0.29, 0.717) is 5.56 Å². The number of benzene rings is 2. The van der Waals surface area contributed by atoms with E-state index in [-0.39, 0.29) is 22.9 Å². The molecule has 0 aliphatic carbocycles. The van der Waals surface area contributed by atoms with Gasteiger partial charge >= 0.3 is 5.97 Å². The molecule has 0 unspecified atom stereocenters. The van der Waals surface area contributed by atoms with Crippen LogP contribution in [0, 0.1) is 12.7 Å². The monoisotopic (exact) mass is 294 g/mol. The lowest BCUT2D eigenvalue weighted by Gasteiger charge is -2.10. The van der Waals surface area contributed by atoms with E-state index in [1.165, 1.54) is 18.2 Å². The minimum absolute atomic E-state index is 0.0375. The van der Waals surface area contributed by atoms with Crippen LogP contribution in [0.5, 0.6) is 5.75 Å². The average Bonchev–Trinajstić information content (AvgIpc) is 2.40. The van der Waals surface area contributed by atoms with Gasteiger partial charge in [0.1, 0.15) is 23.7 Å². The zero-order chi connectivity index (χ0) is 14.7.